The highest BCUT2D eigenvalue weighted by Crippen LogP contribution is 2.42. The molecule has 0 aliphatic carbocycles. The van der Waals surface area contributed by atoms with Gasteiger partial charge in [-0.25, -0.2) is 9.48 Å². The first-order valence-electron chi connectivity index (χ1n) is 9.44. The van der Waals surface area contributed by atoms with Crippen LogP contribution in [0, 0.1) is 0 Å². The fraction of sp³-hybridized carbons (Fsp3) is 0.667. The second-order valence-corrected chi connectivity index (χ2v) is 9.97. The van der Waals surface area contributed by atoms with Crippen LogP contribution < -0.4 is 10.4 Å². The summed E-state index contributed by atoms with van der Waals surface area (Å²) in [7, 11) is -3.51. The molecule has 0 unspecified atom stereocenters. The third kappa shape index (κ3) is 5.67. The van der Waals surface area contributed by atoms with E-state index in [0.29, 0.717) is 0 Å². The molecule has 1 amide bonds. The van der Waals surface area contributed by atoms with E-state index < -0.39 is 56.1 Å². The van der Waals surface area contributed by atoms with Gasteiger partial charge in [0.15, 0.2) is 11.9 Å². The molecule has 0 bridgehead atoms. The van der Waals surface area contributed by atoms with Gasteiger partial charge in [0.25, 0.3) is 13.4 Å². The number of halogens is 1. The molecule has 3 N–H and O–H groups in total. The van der Waals surface area contributed by atoms with Gasteiger partial charge in [0.05, 0.1) is 12.7 Å². The van der Waals surface area contributed by atoms with Gasteiger partial charge in [0, 0.05) is 18.9 Å². The Bertz CT molecular complexity index is 773. The molecule has 2 rings (SSSR count). The zero-order valence-corrected chi connectivity index (χ0v) is 18.5. The smallest absolute Gasteiger partial charge is 0.323 e. The number of rotatable bonds is 8. The summed E-state index contributed by atoms with van der Waals surface area (Å²) in [4.78, 5) is 24.5. The van der Waals surface area contributed by atoms with Crippen molar-refractivity contribution < 1.29 is 37.6 Å². The monoisotopic (exact) mass is 449 g/mol. The summed E-state index contributed by atoms with van der Waals surface area (Å²) in [6.45, 7) is 10.5. The van der Waals surface area contributed by atoms with Crippen LogP contribution in [0.25, 0.3) is 0 Å². The molecule has 0 aromatic rings. The molecule has 0 aromatic carbocycles. The van der Waals surface area contributed by atoms with E-state index in [0.717, 1.165) is 6.92 Å². The minimum Gasteiger partial charge on any atom is -0.462 e. The normalized spacial score (nSPS) is 32.1. The van der Waals surface area contributed by atoms with E-state index in [1.165, 1.54) is 30.8 Å². The third-order valence-electron chi connectivity index (χ3n) is 4.55. The van der Waals surface area contributed by atoms with Crippen molar-refractivity contribution in [3.05, 3.63) is 24.7 Å². The van der Waals surface area contributed by atoms with Gasteiger partial charge in [0.2, 0.25) is 0 Å². The lowest BCUT2D eigenvalue weighted by Gasteiger charge is -2.35. The van der Waals surface area contributed by atoms with Crippen molar-refractivity contribution in [3.63, 3.8) is 0 Å². The maximum Gasteiger partial charge on any atom is 0.323 e. The van der Waals surface area contributed by atoms with Gasteiger partial charge < -0.3 is 29.3 Å². The van der Waals surface area contributed by atoms with Crippen LogP contribution in [0.1, 0.15) is 27.7 Å². The maximum absolute atomic E-state index is 15.2. The van der Waals surface area contributed by atoms with Crippen molar-refractivity contribution in [1.29, 1.82) is 0 Å². The van der Waals surface area contributed by atoms with Gasteiger partial charge >= 0.3 is 5.97 Å². The topological polar surface area (TPSA) is 126 Å². The molecule has 1 fully saturated rings. The molecule has 6 atom stereocenters. The van der Waals surface area contributed by atoms with Crippen LogP contribution in [0.3, 0.4) is 0 Å². The van der Waals surface area contributed by atoms with E-state index in [1.54, 1.807) is 13.8 Å². The fourth-order valence-corrected chi connectivity index (χ4v) is 4.36. The standard InChI is InChI=1S/C18H29FN3O7P/c1-10(2)28-16(25)11(3)21-30(6,26)27-9-13-15(24)18(5,19)17(29-13)22-8-7-14(23)20-12(22)4/h7-8,10-11,13,15,17,24H,4,9H2,1-3,5-6H3,(H,20,23)(H,21,26)/t11-,13+,15+,17+,18+,30+/m0/s1. The number of alkyl halides is 1. The molecule has 2 aliphatic rings. The van der Waals surface area contributed by atoms with E-state index in [2.05, 4.69) is 17.0 Å². The summed E-state index contributed by atoms with van der Waals surface area (Å²) in [5.41, 5.74) is -2.25. The summed E-state index contributed by atoms with van der Waals surface area (Å²) in [5, 5.41) is 15.4. The van der Waals surface area contributed by atoms with Crippen molar-refractivity contribution in [1.82, 2.24) is 15.3 Å². The molecule has 2 aliphatic heterocycles. The van der Waals surface area contributed by atoms with E-state index in [1.807, 2.05) is 0 Å². The van der Waals surface area contributed by atoms with Gasteiger partial charge in [-0.1, -0.05) is 6.58 Å². The largest absolute Gasteiger partial charge is 0.462 e. The van der Waals surface area contributed by atoms with E-state index >= 15 is 4.39 Å². The number of carbonyl (C=O) groups excluding carboxylic acids is 2. The lowest BCUT2D eigenvalue weighted by Crippen LogP contribution is -2.51. The Labute approximate surface area is 174 Å². The third-order valence-corrected chi connectivity index (χ3v) is 6.05. The highest BCUT2D eigenvalue weighted by molar-refractivity contribution is 7.56. The average Bonchev–Trinajstić information content (AvgIpc) is 2.82. The molecule has 30 heavy (non-hydrogen) atoms. The number of hydrogen-bond donors (Lipinski definition) is 3. The molecule has 0 radical (unpaired) electrons. The molecule has 2 heterocycles. The van der Waals surface area contributed by atoms with Crippen LogP contribution >= 0.6 is 7.52 Å². The van der Waals surface area contributed by atoms with Crippen LogP contribution in [0.2, 0.25) is 0 Å². The van der Waals surface area contributed by atoms with Gasteiger partial charge in [-0.15, -0.1) is 0 Å². The molecular formula is C18H29FN3O7P. The average molecular weight is 449 g/mol. The van der Waals surface area contributed by atoms with Gasteiger partial charge in [-0.05, 0) is 27.7 Å². The van der Waals surface area contributed by atoms with Crippen molar-refractivity contribution in [3.8, 4) is 0 Å². The first-order chi connectivity index (χ1) is 13.7. The molecule has 170 valence electrons. The zero-order chi connectivity index (χ0) is 22.9. The number of nitrogens with zero attached hydrogens (tertiary/aromatic N) is 1. The van der Waals surface area contributed by atoms with Gasteiger partial charge in [-0.3, -0.25) is 14.2 Å². The minimum absolute atomic E-state index is 0.0884. The number of hydrogen-bond acceptors (Lipinski definition) is 8. The molecule has 0 aromatic heterocycles. The zero-order valence-electron chi connectivity index (χ0n) is 17.6. The Balaban J connectivity index is 2.01. The number of esters is 1. The fourth-order valence-electron chi connectivity index (χ4n) is 3.05. The molecule has 0 saturated carbocycles. The quantitative estimate of drug-likeness (QED) is 0.367. The first kappa shape index (κ1) is 24.5. The summed E-state index contributed by atoms with van der Waals surface area (Å²) in [6.07, 6.45) is -1.92. The minimum atomic E-state index is -3.51. The Morgan fingerprint density at radius 3 is 2.73 bits per heavy atom. The van der Waals surface area contributed by atoms with Crippen LogP contribution in [-0.4, -0.2) is 71.4 Å². The predicted molar refractivity (Wildman–Crippen MR) is 106 cm³/mol. The molecular weight excluding hydrogens is 420 g/mol. The lowest BCUT2D eigenvalue weighted by atomic mass is 9.98. The summed E-state index contributed by atoms with van der Waals surface area (Å²) in [6, 6.07) is -0.901. The predicted octanol–water partition coefficient (Wildman–Crippen LogP) is 0.986. The second kappa shape index (κ2) is 9.15. The molecule has 1 saturated heterocycles. The van der Waals surface area contributed by atoms with Crippen LogP contribution in [-0.2, 0) is 28.2 Å². The van der Waals surface area contributed by atoms with Gasteiger partial charge in [0.1, 0.15) is 24.1 Å². The van der Waals surface area contributed by atoms with Gasteiger partial charge in [-0.2, -0.15) is 0 Å². The maximum atomic E-state index is 15.2. The van der Waals surface area contributed by atoms with Crippen molar-refractivity contribution in [2.45, 2.75) is 63.9 Å². The molecule has 10 nitrogen and oxygen atoms in total. The van der Waals surface area contributed by atoms with Crippen molar-refractivity contribution in [2.75, 3.05) is 13.3 Å². The summed E-state index contributed by atoms with van der Waals surface area (Å²) >= 11 is 0. The van der Waals surface area contributed by atoms with Crippen LogP contribution in [0.4, 0.5) is 4.39 Å². The SMILES string of the molecule is C=C1NC(=O)C=CN1[C@@H]1O[C@H](CO[P@@](C)(=O)N[C@@H](C)C(=O)OC(C)C)[C@@H](O)[C@@]1(C)F. The Morgan fingerprint density at radius 1 is 1.53 bits per heavy atom. The Kier molecular flexibility index (Phi) is 7.47. The van der Waals surface area contributed by atoms with Crippen LogP contribution in [0.15, 0.2) is 24.7 Å². The van der Waals surface area contributed by atoms with E-state index in [-0.39, 0.29) is 11.9 Å². The van der Waals surface area contributed by atoms with E-state index in [9.17, 15) is 19.3 Å². The number of amides is 1. The number of aliphatic hydroxyl groups is 1. The highest BCUT2D eigenvalue weighted by atomic mass is 31.2. The lowest BCUT2D eigenvalue weighted by molar-refractivity contribution is -0.149. The first-order valence-corrected chi connectivity index (χ1v) is 11.5. The van der Waals surface area contributed by atoms with Crippen LogP contribution in [0.5, 0.6) is 0 Å². The Hall–Kier alpha value is -1.78. The summed E-state index contributed by atoms with van der Waals surface area (Å²) < 4.78 is 43.9. The number of aliphatic hydroxyl groups excluding tert-OH is 1. The number of nitrogens with one attached hydrogen (secondary N) is 2. The van der Waals surface area contributed by atoms with Crippen molar-refractivity contribution in [2.24, 2.45) is 0 Å². The number of ether oxygens (including phenoxy) is 2. The second-order valence-electron chi connectivity index (χ2n) is 7.76. The van der Waals surface area contributed by atoms with Crippen molar-refractivity contribution >= 4 is 19.4 Å². The summed E-state index contributed by atoms with van der Waals surface area (Å²) in [5.74, 6) is -0.925. The van der Waals surface area contributed by atoms with E-state index in [4.69, 9.17) is 14.0 Å². The highest BCUT2D eigenvalue weighted by Gasteiger charge is 2.57. The molecule has 0 spiro atoms. The molecule has 12 heteroatoms. The Morgan fingerprint density at radius 2 is 2.17 bits per heavy atom. The number of carbonyl (C=O) groups is 2.